The third kappa shape index (κ3) is 3.78. The molecule has 0 radical (unpaired) electrons. The molecule has 20 heavy (non-hydrogen) atoms. The van der Waals surface area contributed by atoms with Gasteiger partial charge in [0.25, 0.3) is 0 Å². The Morgan fingerprint density at radius 3 is 2.80 bits per heavy atom. The number of nitrogens with zero attached hydrogens (tertiary/aromatic N) is 4. The highest BCUT2D eigenvalue weighted by Gasteiger charge is 2.26. The van der Waals surface area contributed by atoms with Gasteiger partial charge >= 0.3 is 0 Å². The normalized spacial score (nSPS) is 25.1. The molecule has 1 aromatic rings. The van der Waals surface area contributed by atoms with E-state index in [9.17, 15) is 0 Å². The van der Waals surface area contributed by atoms with Crippen molar-refractivity contribution in [1.29, 1.82) is 0 Å². The highest BCUT2D eigenvalue weighted by atomic mass is 15.6. The number of aromatic nitrogens is 4. The van der Waals surface area contributed by atoms with Gasteiger partial charge < -0.3 is 5.32 Å². The summed E-state index contributed by atoms with van der Waals surface area (Å²) >= 11 is 0. The van der Waals surface area contributed by atoms with Gasteiger partial charge in [-0.05, 0) is 48.6 Å². The first kappa shape index (κ1) is 15.4. The summed E-state index contributed by atoms with van der Waals surface area (Å²) in [4.78, 5) is 0. The Labute approximate surface area is 122 Å². The maximum absolute atomic E-state index is 4.27. The smallest absolute Gasteiger partial charge is 0.168 e. The van der Waals surface area contributed by atoms with Crippen LogP contribution in [0.3, 0.4) is 0 Å². The first-order chi connectivity index (χ1) is 9.61. The lowest BCUT2D eigenvalue weighted by Crippen LogP contribution is -2.28. The lowest BCUT2D eigenvalue weighted by molar-refractivity contribution is 0.237. The van der Waals surface area contributed by atoms with E-state index >= 15 is 0 Å². The van der Waals surface area contributed by atoms with Crippen molar-refractivity contribution >= 4 is 0 Å². The molecule has 1 aliphatic rings. The van der Waals surface area contributed by atoms with Gasteiger partial charge in [-0.3, -0.25) is 0 Å². The van der Waals surface area contributed by atoms with E-state index in [1.54, 1.807) is 0 Å². The van der Waals surface area contributed by atoms with Crippen molar-refractivity contribution in [2.24, 2.45) is 11.8 Å². The summed E-state index contributed by atoms with van der Waals surface area (Å²) in [5.74, 6) is 2.47. The molecule has 1 aliphatic carbocycles. The lowest BCUT2D eigenvalue weighted by atomic mass is 9.84. The summed E-state index contributed by atoms with van der Waals surface area (Å²) in [6.45, 7) is 9.88. The second-order valence-electron chi connectivity index (χ2n) is 6.60. The Balaban J connectivity index is 2.03. The average molecular weight is 279 g/mol. The number of hydrogen-bond acceptors (Lipinski definition) is 4. The number of hydrogen-bond donors (Lipinski definition) is 1. The molecule has 3 atom stereocenters. The minimum Gasteiger partial charge on any atom is -0.307 e. The topological polar surface area (TPSA) is 55.6 Å². The molecule has 1 aromatic heterocycles. The van der Waals surface area contributed by atoms with E-state index in [-0.39, 0.29) is 6.04 Å². The van der Waals surface area contributed by atoms with Crippen LogP contribution in [0.5, 0.6) is 0 Å². The van der Waals surface area contributed by atoms with Crippen molar-refractivity contribution in [1.82, 2.24) is 25.5 Å². The van der Waals surface area contributed by atoms with Crippen molar-refractivity contribution in [3.05, 3.63) is 5.82 Å². The Bertz CT molecular complexity index is 401. The molecular formula is C15H29N5. The second-order valence-corrected chi connectivity index (χ2v) is 6.60. The van der Waals surface area contributed by atoms with E-state index in [1.165, 1.54) is 32.1 Å². The molecule has 5 heteroatoms. The van der Waals surface area contributed by atoms with Crippen LogP contribution in [0.15, 0.2) is 0 Å². The molecule has 1 fully saturated rings. The fourth-order valence-corrected chi connectivity index (χ4v) is 3.10. The van der Waals surface area contributed by atoms with Gasteiger partial charge in [0, 0.05) is 0 Å². The first-order valence-corrected chi connectivity index (χ1v) is 8.12. The molecule has 1 heterocycles. The van der Waals surface area contributed by atoms with E-state index in [1.807, 2.05) is 0 Å². The average Bonchev–Trinajstić information content (AvgIpc) is 2.94. The van der Waals surface area contributed by atoms with Crippen LogP contribution in [-0.4, -0.2) is 26.8 Å². The van der Waals surface area contributed by atoms with Crippen LogP contribution in [0.2, 0.25) is 0 Å². The van der Waals surface area contributed by atoms with Crippen LogP contribution in [-0.2, 0) is 0 Å². The SMILES string of the molecule is CCC1CCCC(n2nnnc2C(C)NCC(C)C)C1. The molecule has 0 spiro atoms. The van der Waals surface area contributed by atoms with Gasteiger partial charge in [-0.25, -0.2) is 4.68 Å². The van der Waals surface area contributed by atoms with E-state index < -0.39 is 0 Å². The Morgan fingerprint density at radius 1 is 1.30 bits per heavy atom. The zero-order valence-electron chi connectivity index (χ0n) is 13.3. The second kappa shape index (κ2) is 7.16. The standard InChI is InChI=1S/C15H29N5/c1-5-13-7-6-8-14(9-13)20-15(17-18-19-20)12(4)16-10-11(2)3/h11-14,16H,5-10H2,1-4H3. The van der Waals surface area contributed by atoms with Gasteiger partial charge in [0.15, 0.2) is 5.82 Å². The van der Waals surface area contributed by atoms with Crippen LogP contribution in [0.4, 0.5) is 0 Å². The lowest BCUT2D eigenvalue weighted by Gasteiger charge is -2.29. The number of nitrogens with one attached hydrogen (secondary N) is 1. The fourth-order valence-electron chi connectivity index (χ4n) is 3.10. The third-order valence-corrected chi connectivity index (χ3v) is 4.42. The van der Waals surface area contributed by atoms with Crippen molar-refractivity contribution in [2.45, 2.75) is 71.9 Å². The molecular weight excluding hydrogens is 250 g/mol. The number of rotatable bonds is 6. The summed E-state index contributed by atoms with van der Waals surface area (Å²) in [6.07, 6.45) is 6.38. The van der Waals surface area contributed by atoms with Gasteiger partial charge in [-0.2, -0.15) is 0 Å². The monoisotopic (exact) mass is 279 g/mol. The highest BCUT2D eigenvalue weighted by Crippen LogP contribution is 2.34. The van der Waals surface area contributed by atoms with Gasteiger partial charge in [0.05, 0.1) is 12.1 Å². The number of tetrazole rings is 1. The maximum Gasteiger partial charge on any atom is 0.168 e. The molecule has 0 aliphatic heterocycles. The zero-order valence-corrected chi connectivity index (χ0v) is 13.3. The molecule has 0 aromatic carbocycles. The zero-order chi connectivity index (χ0) is 14.5. The van der Waals surface area contributed by atoms with Crippen LogP contribution in [0, 0.1) is 11.8 Å². The van der Waals surface area contributed by atoms with Crippen LogP contribution in [0.1, 0.15) is 77.7 Å². The molecule has 0 amide bonds. The summed E-state index contributed by atoms with van der Waals surface area (Å²) in [6, 6.07) is 0.705. The molecule has 1 N–H and O–H groups in total. The van der Waals surface area contributed by atoms with Crippen molar-refractivity contribution in [3.63, 3.8) is 0 Å². The van der Waals surface area contributed by atoms with Crippen molar-refractivity contribution < 1.29 is 0 Å². The largest absolute Gasteiger partial charge is 0.307 e. The molecule has 2 rings (SSSR count). The van der Waals surface area contributed by atoms with E-state index in [2.05, 4.69) is 53.2 Å². The quantitative estimate of drug-likeness (QED) is 0.869. The first-order valence-electron chi connectivity index (χ1n) is 8.12. The summed E-state index contributed by atoms with van der Waals surface area (Å²) in [7, 11) is 0. The van der Waals surface area contributed by atoms with Gasteiger partial charge in [0.1, 0.15) is 0 Å². The minimum atomic E-state index is 0.217. The molecule has 1 saturated carbocycles. The summed E-state index contributed by atoms with van der Waals surface area (Å²) in [5.41, 5.74) is 0. The molecule has 0 saturated heterocycles. The third-order valence-electron chi connectivity index (χ3n) is 4.42. The summed E-state index contributed by atoms with van der Waals surface area (Å²) in [5, 5.41) is 16.0. The van der Waals surface area contributed by atoms with Crippen molar-refractivity contribution in [3.8, 4) is 0 Å². The van der Waals surface area contributed by atoms with Crippen LogP contribution >= 0.6 is 0 Å². The Hall–Kier alpha value is -0.970. The van der Waals surface area contributed by atoms with Crippen LogP contribution < -0.4 is 5.32 Å². The van der Waals surface area contributed by atoms with E-state index in [4.69, 9.17) is 0 Å². The van der Waals surface area contributed by atoms with Crippen LogP contribution in [0.25, 0.3) is 0 Å². The van der Waals surface area contributed by atoms with E-state index in [0.717, 1.165) is 18.3 Å². The fraction of sp³-hybridized carbons (Fsp3) is 0.933. The summed E-state index contributed by atoms with van der Waals surface area (Å²) < 4.78 is 2.08. The Kier molecular flexibility index (Phi) is 5.52. The Morgan fingerprint density at radius 2 is 2.10 bits per heavy atom. The maximum atomic E-state index is 4.27. The molecule has 0 bridgehead atoms. The van der Waals surface area contributed by atoms with Crippen molar-refractivity contribution in [2.75, 3.05) is 6.54 Å². The molecule has 114 valence electrons. The van der Waals surface area contributed by atoms with E-state index in [0.29, 0.717) is 12.0 Å². The molecule has 5 nitrogen and oxygen atoms in total. The van der Waals surface area contributed by atoms with Gasteiger partial charge in [-0.15, -0.1) is 5.10 Å². The predicted octanol–water partition coefficient (Wildman–Crippen LogP) is 3.12. The van der Waals surface area contributed by atoms with Gasteiger partial charge in [-0.1, -0.05) is 40.0 Å². The predicted molar refractivity (Wildman–Crippen MR) is 80.4 cm³/mol. The highest BCUT2D eigenvalue weighted by molar-refractivity contribution is 4.93. The molecule has 3 unspecified atom stereocenters. The van der Waals surface area contributed by atoms with Gasteiger partial charge in [0.2, 0.25) is 0 Å². The minimum absolute atomic E-state index is 0.217.